The van der Waals surface area contributed by atoms with Gasteiger partial charge in [0.1, 0.15) is 11.0 Å². The van der Waals surface area contributed by atoms with E-state index in [-0.39, 0.29) is 0 Å². The Bertz CT molecular complexity index is 616. The van der Waals surface area contributed by atoms with Gasteiger partial charge in [-0.2, -0.15) is 5.10 Å². The zero-order valence-electron chi connectivity index (χ0n) is 7.05. The van der Waals surface area contributed by atoms with Crippen molar-refractivity contribution < 1.29 is 0 Å². The molecule has 0 aliphatic rings. The number of hydrogen-bond donors (Lipinski definition) is 0. The molecule has 0 radical (unpaired) electrons. The highest BCUT2D eigenvalue weighted by Gasteiger charge is 2.05. The summed E-state index contributed by atoms with van der Waals surface area (Å²) in [6.45, 7) is 0. The molecular formula is C9H5BrN4. The summed E-state index contributed by atoms with van der Waals surface area (Å²) in [4.78, 5) is 8.50. The van der Waals surface area contributed by atoms with Gasteiger partial charge in [-0.15, -0.1) is 0 Å². The molecule has 5 heteroatoms. The van der Waals surface area contributed by atoms with Crippen LogP contribution in [0, 0.1) is 0 Å². The van der Waals surface area contributed by atoms with Gasteiger partial charge in [0.25, 0.3) is 0 Å². The van der Waals surface area contributed by atoms with Crippen molar-refractivity contribution >= 4 is 32.6 Å². The number of aromatic nitrogens is 4. The molecule has 0 saturated heterocycles. The quantitative estimate of drug-likeness (QED) is 0.612. The van der Waals surface area contributed by atoms with Crippen LogP contribution in [0.25, 0.3) is 16.7 Å². The summed E-state index contributed by atoms with van der Waals surface area (Å²) in [5.41, 5.74) is 2.47. The SMILES string of the molecule is Brc1cnc2c3ncccc3nn2c1. The van der Waals surface area contributed by atoms with E-state index >= 15 is 0 Å². The maximum Gasteiger partial charge on any atom is 0.181 e. The Labute approximate surface area is 87.7 Å². The molecule has 3 heterocycles. The monoisotopic (exact) mass is 248 g/mol. The van der Waals surface area contributed by atoms with Crippen LogP contribution in [0.1, 0.15) is 0 Å². The smallest absolute Gasteiger partial charge is 0.181 e. The third-order valence-electron chi connectivity index (χ3n) is 1.99. The van der Waals surface area contributed by atoms with E-state index in [2.05, 4.69) is 31.0 Å². The molecule has 14 heavy (non-hydrogen) atoms. The van der Waals surface area contributed by atoms with Crippen LogP contribution in [-0.2, 0) is 0 Å². The fourth-order valence-corrected chi connectivity index (χ4v) is 1.70. The number of rotatable bonds is 0. The highest BCUT2D eigenvalue weighted by atomic mass is 79.9. The zero-order chi connectivity index (χ0) is 9.54. The highest BCUT2D eigenvalue weighted by Crippen LogP contribution is 2.16. The van der Waals surface area contributed by atoms with Crippen LogP contribution < -0.4 is 0 Å². The molecule has 0 spiro atoms. The fraction of sp³-hybridized carbons (Fsp3) is 0. The number of nitrogens with zero attached hydrogens (tertiary/aromatic N) is 4. The first-order valence-electron chi connectivity index (χ1n) is 4.09. The van der Waals surface area contributed by atoms with Gasteiger partial charge in [0.05, 0.1) is 4.47 Å². The topological polar surface area (TPSA) is 43.1 Å². The lowest BCUT2D eigenvalue weighted by atomic mass is 10.4. The minimum atomic E-state index is 0.781. The summed E-state index contributed by atoms with van der Waals surface area (Å²) in [5, 5.41) is 4.34. The van der Waals surface area contributed by atoms with E-state index in [4.69, 9.17) is 0 Å². The molecular weight excluding hydrogens is 244 g/mol. The van der Waals surface area contributed by atoms with E-state index in [1.807, 2.05) is 18.3 Å². The van der Waals surface area contributed by atoms with Gasteiger partial charge in [-0.1, -0.05) is 0 Å². The second-order valence-corrected chi connectivity index (χ2v) is 3.83. The van der Waals surface area contributed by atoms with Crippen LogP contribution in [0.5, 0.6) is 0 Å². The van der Waals surface area contributed by atoms with Crippen molar-refractivity contribution in [1.29, 1.82) is 0 Å². The summed E-state index contributed by atoms with van der Waals surface area (Å²) >= 11 is 3.35. The number of halogens is 1. The van der Waals surface area contributed by atoms with Crippen LogP contribution in [-0.4, -0.2) is 19.6 Å². The molecule has 0 aromatic carbocycles. The first-order valence-corrected chi connectivity index (χ1v) is 4.88. The first kappa shape index (κ1) is 7.87. The molecule has 3 aromatic rings. The normalized spacial score (nSPS) is 11.2. The van der Waals surface area contributed by atoms with Crippen molar-refractivity contribution in [2.75, 3.05) is 0 Å². The van der Waals surface area contributed by atoms with Crippen LogP contribution in [0.4, 0.5) is 0 Å². The Kier molecular flexibility index (Phi) is 1.55. The van der Waals surface area contributed by atoms with Crippen LogP contribution in [0.3, 0.4) is 0 Å². The Hall–Kier alpha value is -1.49. The first-order chi connectivity index (χ1) is 6.84. The van der Waals surface area contributed by atoms with E-state index < -0.39 is 0 Å². The Morgan fingerprint density at radius 3 is 3.14 bits per heavy atom. The second kappa shape index (κ2) is 2.75. The van der Waals surface area contributed by atoms with Gasteiger partial charge in [0.15, 0.2) is 5.65 Å². The van der Waals surface area contributed by atoms with Gasteiger partial charge in [-0.05, 0) is 28.1 Å². The third-order valence-corrected chi connectivity index (χ3v) is 2.40. The van der Waals surface area contributed by atoms with Crippen molar-refractivity contribution in [3.63, 3.8) is 0 Å². The summed E-state index contributed by atoms with van der Waals surface area (Å²) in [7, 11) is 0. The molecule has 4 nitrogen and oxygen atoms in total. The molecule has 0 atom stereocenters. The van der Waals surface area contributed by atoms with Gasteiger partial charge in [0, 0.05) is 18.6 Å². The number of pyridine rings is 1. The van der Waals surface area contributed by atoms with Gasteiger partial charge in [-0.3, -0.25) is 4.98 Å². The number of fused-ring (bicyclic) bond motifs is 3. The van der Waals surface area contributed by atoms with Crippen LogP contribution in [0.2, 0.25) is 0 Å². The standard InChI is InChI=1S/C9H5BrN4/c10-6-4-12-9-8-7(2-1-3-11-8)13-14(9)5-6/h1-5H. The average molecular weight is 249 g/mol. The number of hydrogen-bond acceptors (Lipinski definition) is 3. The second-order valence-electron chi connectivity index (χ2n) is 2.91. The van der Waals surface area contributed by atoms with Crippen molar-refractivity contribution in [1.82, 2.24) is 19.6 Å². The zero-order valence-corrected chi connectivity index (χ0v) is 8.64. The van der Waals surface area contributed by atoms with Crippen LogP contribution >= 0.6 is 15.9 Å². The fourth-order valence-electron chi connectivity index (χ4n) is 1.40. The minimum absolute atomic E-state index is 0.781. The van der Waals surface area contributed by atoms with Crippen molar-refractivity contribution in [3.8, 4) is 0 Å². The van der Waals surface area contributed by atoms with E-state index in [1.54, 1.807) is 16.9 Å². The lowest BCUT2D eigenvalue weighted by molar-refractivity contribution is 0.950. The molecule has 0 saturated carbocycles. The molecule has 3 rings (SSSR count). The van der Waals surface area contributed by atoms with E-state index in [0.717, 1.165) is 21.2 Å². The molecule has 0 fully saturated rings. The Balaban J connectivity index is 2.57. The molecule has 0 bridgehead atoms. The largest absolute Gasteiger partial charge is 0.251 e. The summed E-state index contributed by atoms with van der Waals surface area (Å²) in [5.74, 6) is 0. The highest BCUT2D eigenvalue weighted by molar-refractivity contribution is 9.10. The maximum absolute atomic E-state index is 4.34. The van der Waals surface area contributed by atoms with E-state index in [1.165, 1.54) is 0 Å². The van der Waals surface area contributed by atoms with Gasteiger partial charge >= 0.3 is 0 Å². The molecule has 0 amide bonds. The molecule has 3 aromatic heterocycles. The molecule has 0 N–H and O–H groups in total. The van der Waals surface area contributed by atoms with Gasteiger partial charge < -0.3 is 0 Å². The molecule has 0 aliphatic heterocycles. The molecule has 0 unspecified atom stereocenters. The Morgan fingerprint density at radius 2 is 2.21 bits per heavy atom. The van der Waals surface area contributed by atoms with E-state index in [0.29, 0.717) is 0 Å². The molecule has 0 aliphatic carbocycles. The lowest BCUT2D eigenvalue weighted by Gasteiger charge is -1.91. The summed E-state index contributed by atoms with van der Waals surface area (Å²) < 4.78 is 2.62. The minimum Gasteiger partial charge on any atom is -0.251 e. The lowest BCUT2D eigenvalue weighted by Crippen LogP contribution is -1.88. The third kappa shape index (κ3) is 1.02. The van der Waals surface area contributed by atoms with Gasteiger partial charge in [0.2, 0.25) is 0 Å². The van der Waals surface area contributed by atoms with Crippen molar-refractivity contribution in [3.05, 3.63) is 35.2 Å². The maximum atomic E-state index is 4.34. The Morgan fingerprint density at radius 1 is 1.29 bits per heavy atom. The van der Waals surface area contributed by atoms with Crippen molar-refractivity contribution in [2.45, 2.75) is 0 Å². The van der Waals surface area contributed by atoms with Gasteiger partial charge in [-0.25, -0.2) is 9.50 Å². The van der Waals surface area contributed by atoms with E-state index in [9.17, 15) is 0 Å². The molecule has 68 valence electrons. The van der Waals surface area contributed by atoms with Crippen LogP contribution in [0.15, 0.2) is 35.2 Å². The summed E-state index contributed by atoms with van der Waals surface area (Å²) in [6, 6.07) is 3.79. The predicted octanol–water partition coefficient (Wildman–Crippen LogP) is 2.04. The predicted molar refractivity (Wildman–Crippen MR) is 56.0 cm³/mol. The average Bonchev–Trinajstić information content (AvgIpc) is 2.54. The summed E-state index contributed by atoms with van der Waals surface area (Å²) in [6.07, 6.45) is 5.35. The van der Waals surface area contributed by atoms with Crippen molar-refractivity contribution in [2.24, 2.45) is 0 Å².